The van der Waals surface area contributed by atoms with Crippen LogP contribution < -0.4 is 10.1 Å². The van der Waals surface area contributed by atoms with Crippen LogP contribution in [-0.2, 0) is 6.42 Å². The number of hydrogen-bond acceptors (Lipinski definition) is 2. The molecule has 0 radical (unpaired) electrons. The molecule has 16 heavy (non-hydrogen) atoms. The lowest BCUT2D eigenvalue weighted by molar-refractivity contribution is 0.214. The van der Waals surface area contributed by atoms with E-state index < -0.39 is 0 Å². The van der Waals surface area contributed by atoms with E-state index in [1.54, 1.807) is 0 Å². The SMILES string of the molecule is CCc1ccc(OC2CNC(C)(C)C2)cc1. The molecule has 1 unspecified atom stereocenters. The van der Waals surface area contributed by atoms with E-state index in [0.717, 1.165) is 25.1 Å². The average Bonchev–Trinajstić information content (AvgIpc) is 2.59. The summed E-state index contributed by atoms with van der Waals surface area (Å²) >= 11 is 0. The van der Waals surface area contributed by atoms with E-state index in [0.29, 0.717) is 6.10 Å². The fourth-order valence-corrected chi connectivity index (χ4v) is 2.18. The van der Waals surface area contributed by atoms with Gasteiger partial charge in [-0.3, -0.25) is 0 Å². The third-order valence-electron chi connectivity index (χ3n) is 3.18. The van der Waals surface area contributed by atoms with Crippen molar-refractivity contribution in [1.29, 1.82) is 0 Å². The number of hydrogen-bond donors (Lipinski definition) is 1. The second-order valence-electron chi connectivity index (χ2n) is 5.21. The van der Waals surface area contributed by atoms with Crippen molar-refractivity contribution >= 4 is 0 Å². The molecule has 1 N–H and O–H groups in total. The highest BCUT2D eigenvalue weighted by molar-refractivity contribution is 5.27. The van der Waals surface area contributed by atoms with Crippen molar-refractivity contribution in [2.24, 2.45) is 0 Å². The second kappa shape index (κ2) is 4.46. The Morgan fingerprint density at radius 1 is 1.31 bits per heavy atom. The molecule has 1 aliphatic rings. The predicted octanol–water partition coefficient (Wildman–Crippen LogP) is 2.77. The van der Waals surface area contributed by atoms with Gasteiger partial charge >= 0.3 is 0 Å². The van der Waals surface area contributed by atoms with E-state index >= 15 is 0 Å². The summed E-state index contributed by atoms with van der Waals surface area (Å²) in [5.41, 5.74) is 1.57. The first kappa shape index (κ1) is 11.5. The lowest BCUT2D eigenvalue weighted by atomic mass is 10.0. The second-order valence-corrected chi connectivity index (χ2v) is 5.21. The summed E-state index contributed by atoms with van der Waals surface area (Å²) in [5, 5.41) is 3.46. The highest BCUT2D eigenvalue weighted by atomic mass is 16.5. The van der Waals surface area contributed by atoms with Gasteiger partial charge in [0.25, 0.3) is 0 Å². The van der Waals surface area contributed by atoms with Crippen LogP contribution in [0.4, 0.5) is 0 Å². The van der Waals surface area contributed by atoms with Crippen molar-refractivity contribution < 1.29 is 4.74 Å². The van der Waals surface area contributed by atoms with Crippen LogP contribution in [-0.4, -0.2) is 18.2 Å². The first-order valence-electron chi connectivity index (χ1n) is 6.10. The Morgan fingerprint density at radius 2 is 2.00 bits per heavy atom. The van der Waals surface area contributed by atoms with Gasteiger partial charge in [-0.2, -0.15) is 0 Å². The lowest BCUT2D eigenvalue weighted by Crippen LogP contribution is -2.31. The average molecular weight is 219 g/mol. The normalized spacial score (nSPS) is 23.3. The van der Waals surface area contributed by atoms with Crippen LogP contribution in [0.3, 0.4) is 0 Å². The van der Waals surface area contributed by atoms with Crippen LogP contribution in [0, 0.1) is 0 Å². The van der Waals surface area contributed by atoms with Crippen LogP contribution in [0.2, 0.25) is 0 Å². The molecule has 2 heteroatoms. The summed E-state index contributed by atoms with van der Waals surface area (Å²) in [6.07, 6.45) is 2.46. The van der Waals surface area contributed by atoms with E-state index in [-0.39, 0.29) is 5.54 Å². The van der Waals surface area contributed by atoms with Crippen molar-refractivity contribution in [2.45, 2.75) is 45.3 Å². The summed E-state index contributed by atoms with van der Waals surface area (Å²) in [6.45, 7) is 7.55. The Bertz CT molecular complexity index is 342. The first-order chi connectivity index (χ1) is 7.59. The third kappa shape index (κ3) is 2.76. The van der Waals surface area contributed by atoms with E-state index in [1.165, 1.54) is 5.56 Å². The van der Waals surface area contributed by atoms with Gasteiger partial charge in [0.05, 0.1) is 0 Å². The molecule has 1 aliphatic heterocycles. The summed E-state index contributed by atoms with van der Waals surface area (Å²) in [7, 11) is 0. The topological polar surface area (TPSA) is 21.3 Å². The standard InChI is InChI=1S/C14H21NO/c1-4-11-5-7-12(8-6-11)16-13-9-14(2,3)15-10-13/h5-8,13,15H,4,9-10H2,1-3H3. The van der Waals surface area contributed by atoms with E-state index in [9.17, 15) is 0 Å². The molecule has 0 spiro atoms. The molecule has 1 saturated heterocycles. The largest absolute Gasteiger partial charge is 0.489 e. The van der Waals surface area contributed by atoms with Crippen LogP contribution in [0.5, 0.6) is 5.75 Å². The summed E-state index contributed by atoms with van der Waals surface area (Å²) in [5.74, 6) is 0.988. The molecule has 1 atom stereocenters. The van der Waals surface area contributed by atoms with Crippen molar-refractivity contribution in [2.75, 3.05) is 6.54 Å². The maximum absolute atomic E-state index is 5.95. The van der Waals surface area contributed by atoms with Gasteiger partial charge < -0.3 is 10.1 Å². The number of ether oxygens (including phenoxy) is 1. The predicted molar refractivity (Wildman–Crippen MR) is 66.9 cm³/mol. The molecule has 0 bridgehead atoms. The Labute approximate surface area is 98.0 Å². The van der Waals surface area contributed by atoms with Crippen molar-refractivity contribution in [1.82, 2.24) is 5.32 Å². The van der Waals surface area contributed by atoms with Gasteiger partial charge in [-0.25, -0.2) is 0 Å². The summed E-state index contributed by atoms with van der Waals surface area (Å²) in [6, 6.07) is 8.43. The highest BCUT2D eigenvalue weighted by Crippen LogP contribution is 2.23. The van der Waals surface area contributed by atoms with Crippen molar-refractivity contribution in [3.05, 3.63) is 29.8 Å². The Kier molecular flexibility index (Phi) is 3.20. The van der Waals surface area contributed by atoms with E-state index in [4.69, 9.17) is 4.74 Å². The Morgan fingerprint density at radius 3 is 2.50 bits per heavy atom. The van der Waals surface area contributed by atoms with Crippen LogP contribution in [0.15, 0.2) is 24.3 Å². The minimum absolute atomic E-state index is 0.216. The molecule has 0 aliphatic carbocycles. The van der Waals surface area contributed by atoms with Crippen molar-refractivity contribution in [3.8, 4) is 5.75 Å². The molecule has 1 fully saturated rings. The summed E-state index contributed by atoms with van der Waals surface area (Å²) < 4.78 is 5.95. The zero-order valence-electron chi connectivity index (χ0n) is 10.4. The zero-order chi connectivity index (χ0) is 11.6. The smallest absolute Gasteiger partial charge is 0.119 e. The van der Waals surface area contributed by atoms with Crippen LogP contribution in [0.1, 0.15) is 32.8 Å². The van der Waals surface area contributed by atoms with Gasteiger partial charge in [-0.1, -0.05) is 19.1 Å². The maximum Gasteiger partial charge on any atom is 0.119 e. The molecular weight excluding hydrogens is 198 g/mol. The van der Waals surface area contributed by atoms with Gasteiger partial charge in [0.2, 0.25) is 0 Å². The number of aryl methyl sites for hydroxylation is 1. The molecule has 2 nitrogen and oxygen atoms in total. The van der Waals surface area contributed by atoms with Gasteiger partial charge in [0, 0.05) is 18.5 Å². The minimum atomic E-state index is 0.216. The van der Waals surface area contributed by atoms with E-state index in [2.05, 4.69) is 50.4 Å². The fraction of sp³-hybridized carbons (Fsp3) is 0.571. The van der Waals surface area contributed by atoms with Gasteiger partial charge in [0.1, 0.15) is 11.9 Å². The third-order valence-corrected chi connectivity index (χ3v) is 3.18. The maximum atomic E-state index is 5.95. The molecule has 0 aromatic heterocycles. The zero-order valence-corrected chi connectivity index (χ0v) is 10.4. The number of nitrogens with one attached hydrogen (secondary N) is 1. The fourth-order valence-electron chi connectivity index (χ4n) is 2.18. The number of rotatable bonds is 3. The van der Waals surface area contributed by atoms with Crippen molar-refractivity contribution in [3.63, 3.8) is 0 Å². The number of benzene rings is 1. The molecular formula is C14H21NO. The monoisotopic (exact) mass is 219 g/mol. The highest BCUT2D eigenvalue weighted by Gasteiger charge is 2.31. The molecule has 1 heterocycles. The quantitative estimate of drug-likeness (QED) is 0.844. The Balaban J connectivity index is 1.94. The van der Waals surface area contributed by atoms with Gasteiger partial charge in [0.15, 0.2) is 0 Å². The molecule has 0 saturated carbocycles. The molecule has 1 aromatic rings. The van der Waals surface area contributed by atoms with E-state index in [1.807, 2.05) is 0 Å². The van der Waals surface area contributed by atoms with Gasteiger partial charge in [-0.05, 0) is 38.0 Å². The molecule has 88 valence electrons. The van der Waals surface area contributed by atoms with Gasteiger partial charge in [-0.15, -0.1) is 0 Å². The van der Waals surface area contributed by atoms with Crippen LogP contribution in [0.25, 0.3) is 0 Å². The first-order valence-corrected chi connectivity index (χ1v) is 6.10. The Hall–Kier alpha value is -1.02. The minimum Gasteiger partial charge on any atom is -0.489 e. The molecule has 1 aromatic carbocycles. The van der Waals surface area contributed by atoms with Crippen LogP contribution >= 0.6 is 0 Å². The lowest BCUT2D eigenvalue weighted by Gasteiger charge is -2.17. The molecule has 2 rings (SSSR count). The molecule has 0 amide bonds. The summed E-state index contributed by atoms with van der Waals surface area (Å²) in [4.78, 5) is 0.